The minimum absolute atomic E-state index is 0.195. The first-order valence-electron chi connectivity index (χ1n) is 11.0. The van der Waals surface area contributed by atoms with Crippen LogP contribution < -0.4 is 10.2 Å². The highest BCUT2D eigenvalue weighted by atomic mass is 31.1. The van der Waals surface area contributed by atoms with E-state index in [0.717, 1.165) is 5.66 Å². The van der Waals surface area contributed by atoms with Crippen molar-refractivity contribution in [3.8, 4) is 11.1 Å². The van der Waals surface area contributed by atoms with Crippen molar-refractivity contribution >= 4 is 18.9 Å². The lowest BCUT2D eigenvalue weighted by molar-refractivity contribution is 0.381. The number of nitrogens with zero attached hydrogens (tertiary/aromatic N) is 1. The largest absolute Gasteiger partial charge is 0.364 e. The Morgan fingerprint density at radius 1 is 0.778 bits per heavy atom. The highest BCUT2D eigenvalue weighted by molar-refractivity contribution is 7.68. The Kier molecular flexibility index (Phi) is 4.76. The number of hydrogen-bond donors (Lipinski definition) is 0. The van der Waals surface area contributed by atoms with Gasteiger partial charge in [0, 0.05) is 18.3 Å². The number of fused-ring (bicyclic) bond motifs is 3. The van der Waals surface area contributed by atoms with Crippen LogP contribution in [0, 0.1) is 0 Å². The summed E-state index contributed by atoms with van der Waals surface area (Å²) >= 11 is 0. The van der Waals surface area contributed by atoms with Crippen molar-refractivity contribution in [1.29, 1.82) is 0 Å². The van der Waals surface area contributed by atoms with Gasteiger partial charge in [0.05, 0.1) is 5.28 Å². The standard InChI is InChI=1S/C25H32NP/c1-26-23-16-8-6-14-21(23)22-15-7-9-17-24(22)27(20-12-4-2-5-13-20)25(26)18-10-3-11-19-25/h6-9,14-17,20H,2-5,10-13,18-19H2,1H3. The van der Waals surface area contributed by atoms with Gasteiger partial charge in [0.1, 0.15) is 0 Å². The zero-order chi connectivity index (χ0) is 18.3. The van der Waals surface area contributed by atoms with Gasteiger partial charge in [0.25, 0.3) is 0 Å². The SMILES string of the molecule is CN1c2ccccc2-c2ccccc2P(C2CCCCC2)C12CCCCC2. The van der Waals surface area contributed by atoms with Gasteiger partial charge < -0.3 is 4.90 Å². The monoisotopic (exact) mass is 377 g/mol. The van der Waals surface area contributed by atoms with Crippen molar-refractivity contribution in [1.82, 2.24) is 0 Å². The van der Waals surface area contributed by atoms with Crippen LogP contribution >= 0.6 is 7.92 Å². The summed E-state index contributed by atoms with van der Waals surface area (Å²) in [6.07, 6.45) is 14.2. The maximum Gasteiger partial charge on any atom is 0.0638 e. The molecule has 1 atom stereocenters. The molecule has 142 valence electrons. The molecule has 2 heteroatoms. The van der Waals surface area contributed by atoms with Gasteiger partial charge in [-0.1, -0.05) is 81.0 Å². The fourth-order valence-electron chi connectivity index (χ4n) is 6.09. The van der Waals surface area contributed by atoms with Crippen molar-refractivity contribution in [2.75, 3.05) is 11.9 Å². The molecule has 3 aliphatic rings. The summed E-state index contributed by atoms with van der Waals surface area (Å²) in [6, 6.07) is 18.7. The Labute approximate surface area is 165 Å². The molecule has 0 saturated heterocycles. The maximum absolute atomic E-state index is 2.77. The van der Waals surface area contributed by atoms with Crippen LogP contribution in [0.15, 0.2) is 48.5 Å². The Balaban J connectivity index is 1.76. The molecular weight excluding hydrogens is 345 g/mol. The lowest BCUT2D eigenvalue weighted by Crippen LogP contribution is -2.49. The molecule has 2 saturated carbocycles. The van der Waals surface area contributed by atoms with E-state index in [0.29, 0.717) is 5.28 Å². The van der Waals surface area contributed by atoms with Crippen molar-refractivity contribution in [2.45, 2.75) is 75.1 Å². The number of rotatable bonds is 1. The Morgan fingerprint density at radius 2 is 1.41 bits per heavy atom. The van der Waals surface area contributed by atoms with E-state index in [1.165, 1.54) is 81.0 Å². The van der Waals surface area contributed by atoms with Crippen LogP contribution in [0.1, 0.15) is 64.2 Å². The predicted molar refractivity (Wildman–Crippen MR) is 120 cm³/mol. The van der Waals surface area contributed by atoms with Crippen molar-refractivity contribution in [3.05, 3.63) is 48.5 Å². The second-order valence-corrected chi connectivity index (χ2v) is 11.6. The van der Waals surface area contributed by atoms with Gasteiger partial charge in [-0.15, -0.1) is 0 Å². The number of hydrogen-bond acceptors (Lipinski definition) is 1. The minimum Gasteiger partial charge on any atom is -0.364 e. The third-order valence-electron chi connectivity index (χ3n) is 7.39. The average molecular weight is 378 g/mol. The molecular formula is C25H32NP. The molecule has 0 radical (unpaired) electrons. The van der Waals surface area contributed by atoms with Gasteiger partial charge in [-0.25, -0.2) is 0 Å². The quantitative estimate of drug-likeness (QED) is 0.488. The highest BCUT2D eigenvalue weighted by Gasteiger charge is 2.49. The number of para-hydroxylation sites is 1. The number of benzene rings is 2. The summed E-state index contributed by atoms with van der Waals surface area (Å²) in [5.41, 5.74) is 5.36. The van der Waals surface area contributed by atoms with Crippen LogP contribution in [-0.2, 0) is 0 Å². The summed E-state index contributed by atoms with van der Waals surface area (Å²) in [4.78, 5) is 2.77. The van der Waals surface area contributed by atoms with E-state index >= 15 is 0 Å². The number of anilines is 1. The topological polar surface area (TPSA) is 3.24 Å². The van der Waals surface area contributed by atoms with Crippen LogP contribution in [0.3, 0.4) is 0 Å². The molecule has 5 rings (SSSR count). The van der Waals surface area contributed by atoms with Crippen LogP contribution in [0.2, 0.25) is 0 Å². The van der Waals surface area contributed by atoms with Crippen molar-refractivity contribution in [2.24, 2.45) is 0 Å². The molecule has 2 fully saturated rings. The van der Waals surface area contributed by atoms with Gasteiger partial charge in [0.2, 0.25) is 0 Å². The van der Waals surface area contributed by atoms with Gasteiger partial charge in [0.15, 0.2) is 0 Å². The summed E-state index contributed by atoms with van der Waals surface area (Å²) < 4.78 is 0. The first-order chi connectivity index (χ1) is 13.3. The maximum atomic E-state index is 2.77. The molecule has 0 amide bonds. The summed E-state index contributed by atoms with van der Waals surface area (Å²) in [5, 5.41) is 2.07. The fourth-order valence-corrected chi connectivity index (χ4v) is 10.4. The second-order valence-electron chi connectivity index (χ2n) is 8.80. The zero-order valence-corrected chi connectivity index (χ0v) is 17.6. The second kappa shape index (κ2) is 7.25. The van der Waals surface area contributed by atoms with E-state index in [-0.39, 0.29) is 7.92 Å². The van der Waals surface area contributed by atoms with Gasteiger partial charge >= 0.3 is 0 Å². The van der Waals surface area contributed by atoms with Crippen LogP contribution in [-0.4, -0.2) is 18.0 Å². The molecule has 1 nitrogen and oxygen atoms in total. The predicted octanol–water partition coefficient (Wildman–Crippen LogP) is 6.90. The molecule has 2 aliphatic carbocycles. The summed E-state index contributed by atoms with van der Waals surface area (Å²) in [7, 11) is 2.23. The smallest absolute Gasteiger partial charge is 0.0638 e. The van der Waals surface area contributed by atoms with Gasteiger partial charge in [-0.3, -0.25) is 0 Å². The third kappa shape index (κ3) is 2.85. The molecule has 1 unspecified atom stereocenters. The Bertz CT molecular complexity index is 801. The minimum atomic E-state index is -0.195. The first-order valence-corrected chi connectivity index (χ1v) is 12.4. The van der Waals surface area contributed by atoms with E-state index in [1.807, 2.05) is 0 Å². The molecule has 1 aliphatic heterocycles. The molecule has 1 heterocycles. The summed E-state index contributed by atoms with van der Waals surface area (Å²) in [6.45, 7) is 0. The molecule has 0 aromatic heterocycles. The Hall–Kier alpha value is -1.33. The van der Waals surface area contributed by atoms with E-state index < -0.39 is 0 Å². The lowest BCUT2D eigenvalue weighted by Gasteiger charge is -2.53. The molecule has 2 aromatic carbocycles. The van der Waals surface area contributed by atoms with Crippen molar-refractivity contribution in [3.63, 3.8) is 0 Å². The lowest BCUT2D eigenvalue weighted by atomic mass is 9.92. The van der Waals surface area contributed by atoms with Crippen LogP contribution in [0.5, 0.6) is 0 Å². The van der Waals surface area contributed by atoms with Gasteiger partial charge in [-0.2, -0.15) is 0 Å². The van der Waals surface area contributed by atoms with Crippen molar-refractivity contribution < 1.29 is 0 Å². The van der Waals surface area contributed by atoms with E-state index in [9.17, 15) is 0 Å². The fraction of sp³-hybridized carbons (Fsp3) is 0.520. The third-order valence-corrected chi connectivity index (χ3v) is 11.2. The first kappa shape index (κ1) is 17.7. The summed E-state index contributed by atoms with van der Waals surface area (Å²) in [5.74, 6) is 0. The molecule has 1 spiro atoms. The highest BCUT2D eigenvalue weighted by Crippen LogP contribution is 2.66. The van der Waals surface area contributed by atoms with E-state index in [1.54, 1.807) is 5.30 Å². The molecule has 2 aromatic rings. The zero-order valence-electron chi connectivity index (χ0n) is 16.7. The molecule has 0 N–H and O–H groups in total. The average Bonchev–Trinajstić information content (AvgIpc) is 2.82. The molecule has 0 bridgehead atoms. The van der Waals surface area contributed by atoms with Gasteiger partial charge in [-0.05, 0) is 56.2 Å². The normalized spacial score (nSPS) is 24.9. The molecule has 27 heavy (non-hydrogen) atoms. The Morgan fingerprint density at radius 3 is 2.19 bits per heavy atom. The van der Waals surface area contributed by atoms with E-state index in [4.69, 9.17) is 0 Å². The van der Waals surface area contributed by atoms with E-state index in [2.05, 4.69) is 60.5 Å². The van der Waals surface area contributed by atoms with Crippen LogP contribution in [0.4, 0.5) is 5.69 Å². The van der Waals surface area contributed by atoms with Crippen LogP contribution in [0.25, 0.3) is 11.1 Å².